The predicted octanol–water partition coefficient (Wildman–Crippen LogP) is 1.78. The number of anilines is 1. The van der Waals surface area contributed by atoms with Crippen molar-refractivity contribution in [2.24, 2.45) is 0 Å². The third-order valence-electron chi connectivity index (χ3n) is 3.82. The number of nitrogens with zero attached hydrogens (tertiary/aromatic N) is 3. The molecule has 0 radical (unpaired) electrons. The SMILES string of the molecule is O=C(Cn1cccn1)Nc1cccc(CNC(=O)N2CCSCC2)c1. The Morgan fingerprint density at radius 2 is 2.04 bits per heavy atom. The van der Waals surface area contributed by atoms with Crippen molar-refractivity contribution in [1.29, 1.82) is 0 Å². The monoisotopic (exact) mass is 359 g/mol. The van der Waals surface area contributed by atoms with Gasteiger partial charge in [-0.15, -0.1) is 0 Å². The lowest BCUT2D eigenvalue weighted by Gasteiger charge is -2.26. The molecule has 1 fully saturated rings. The lowest BCUT2D eigenvalue weighted by molar-refractivity contribution is -0.116. The zero-order valence-electron chi connectivity index (χ0n) is 13.9. The summed E-state index contributed by atoms with van der Waals surface area (Å²) in [5.74, 6) is 1.84. The van der Waals surface area contributed by atoms with Crippen molar-refractivity contribution in [2.75, 3.05) is 29.9 Å². The van der Waals surface area contributed by atoms with E-state index in [-0.39, 0.29) is 18.5 Å². The Hall–Kier alpha value is -2.48. The van der Waals surface area contributed by atoms with Crippen molar-refractivity contribution >= 4 is 29.4 Å². The van der Waals surface area contributed by atoms with Gasteiger partial charge in [0.25, 0.3) is 0 Å². The van der Waals surface area contributed by atoms with Crippen LogP contribution in [0.5, 0.6) is 0 Å². The Morgan fingerprint density at radius 1 is 1.20 bits per heavy atom. The summed E-state index contributed by atoms with van der Waals surface area (Å²) in [5, 5.41) is 9.79. The highest BCUT2D eigenvalue weighted by molar-refractivity contribution is 7.99. The number of nitrogens with one attached hydrogen (secondary N) is 2. The van der Waals surface area contributed by atoms with E-state index in [2.05, 4.69) is 15.7 Å². The third-order valence-corrected chi connectivity index (χ3v) is 4.76. The second-order valence-corrected chi connectivity index (χ2v) is 6.94. The molecule has 2 aromatic rings. The van der Waals surface area contributed by atoms with E-state index in [0.717, 1.165) is 30.2 Å². The maximum absolute atomic E-state index is 12.1. The van der Waals surface area contributed by atoms with Gasteiger partial charge in [0.1, 0.15) is 6.54 Å². The zero-order chi connectivity index (χ0) is 17.5. The van der Waals surface area contributed by atoms with Crippen LogP contribution >= 0.6 is 11.8 Å². The molecule has 1 aliphatic heterocycles. The lowest BCUT2D eigenvalue weighted by Crippen LogP contribution is -2.44. The molecule has 132 valence electrons. The molecule has 1 saturated heterocycles. The smallest absolute Gasteiger partial charge is 0.317 e. The van der Waals surface area contributed by atoms with Gasteiger partial charge in [0.15, 0.2) is 0 Å². The molecule has 0 bridgehead atoms. The molecule has 3 rings (SSSR count). The Morgan fingerprint density at radius 3 is 2.80 bits per heavy atom. The maximum atomic E-state index is 12.1. The van der Waals surface area contributed by atoms with Gasteiger partial charge in [-0.05, 0) is 23.8 Å². The van der Waals surface area contributed by atoms with Gasteiger partial charge in [0.2, 0.25) is 5.91 Å². The van der Waals surface area contributed by atoms with Gasteiger partial charge in [-0.25, -0.2) is 4.79 Å². The highest BCUT2D eigenvalue weighted by atomic mass is 32.2. The van der Waals surface area contributed by atoms with E-state index in [4.69, 9.17) is 0 Å². The van der Waals surface area contributed by atoms with Crippen molar-refractivity contribution in [3.8, 4) is 0 Å². The molecule has 1 aromatic carbocycles. The van der Waals surface area contributed by atoms with E-state index in [1.807, 2.05) is 40.9 Å². The fraction of sp³-hybridized carbons (Fsp3) is 0.353. The number of benzene rings is 1. The number of amides is 3. The lowest BCUT2D eigenvalue weighted by atomic mass is 10.2. The number of carbonyl (C=O) groups is 2. The Kier molecular flexibility index (Phi) is 5.95. The quantitative estimate of drug-likeness (QED) is 0.853. The average Bonchev–Trinajstić information content (AvgIpc) is 3.13. The molecule has 2 heterocycles. The first-order valence-electron chi connectivity index (χ1n) is 8.17. The van der Waals surface area contributed by atoms with E-state index < -0.39 is 0 Å². The molecule has 1 aromatic heterocycles. The number of hydrogen-bond acceptors (Lipinski definition) is 4. The van der Waals surface area contributed by atoms with Crippen molar-refractivity contribution in [3.63, 3.8) is 0 Å². The molecular formula is C17H21N5O2S. The molecule has 3 amide bonds. The minimum atomic E-state index is -0.143. The van der Waals surface area contributed by atoms with Crippen LogP contribution in [0, 0.1) is 0 Å². The topological polar surface area (TPSA) is 79.3 Å². The molecule has 0 atom stereocenters. The minimum absolute atomic E-state index is 0.0339. The van der Waals surface area contributed by atoms with Gasteiger partial charge in [-0.1, -0.05) is 12.1 Å². The summed E-state index contributed by atoms with van der Waals surface area (Å²) in [6.07, 6.45) is 3.38. The highest BCUT2D eigenvalue weighted by Gasteiger charge is 2.16. The van der Waals surface area contributed by atoms with Gasteiger partial charge >= 0.3 is 6.03 Å². The van der Waals surface area contributed by atoms with E-state index in [0.29, 0.717) is 12.2 Å². The first-order valence-corrected chi connectivity index (χ1v) is 9.33. The second-order valence-electron chi connectivity index (χ2n) is 5.71. The molecule has 1 aliphatic rings. The summed E-state index contributed by atoms with van der Waals surface area (Å²) in [7, 11) is 0. The highest BCUT2D eigenvalue weighted by Crippen LogP contribution is 2.12. The molecule has 7 nitrogen and oxygen atoms in total. The molecule has 0 spiro atoms. The van der Waals surface area contributed by atoms with E-state index in [1.165, 1.54) is 0 Å². The van der Waals surface area contributed by atoms with Gasteiger partial charge in [0, 0.05) is 49.2 Å². The summed E-state index contributed by atoms with van der Waals surface area (Å²) >= 11 is 1.87. The van der Waals surface area contributed by atoms with E-state index >= 15 is 0 Å². The molecule has 25 heavy (non-hydrogen) atoms. The van der Waals surface area contributed by atoms with Crippen LogP contribution in [-0.2, 0) is 17.9 Å². The van der Waals surface area contributed by atoms with Gasteiger partial charge in [0.05, 0.1) is 0 Å². The first-order chi connectivity index (χ1) is 12.2. The molecule has 8 heteroatoms. The number of thioether (sulfide) groups is 1. The van der Waals surface area contributed by atoms with E-state index in [1.54, 1.807) is 23.1 Å². The number of aromatic nitrogens is 2. The number of urea groups is 1. The molecule has 2 N–H and O–H groups in total. The number of rotatable bonds is 5. The van der Waals surface area contributed by atoms with Crippen molar-refractivity contribution in [1.82, 2.24) is 20.0 Å². The standard InChI is InChI=1S/C17H21N5O2S/c23-16(13-22-6-2-5-19-22)20-15-4-1-3-14(11-15)12-18-17(24)21-7-9-25-10-8-21/h1-6,11H,7-10,12-13H2,(H,18,24)(H,20,23). The Bertz CT molecular complexity index is 714. The van der Waals surface area contributed by atoms with E-state index in [9.17, 15) is 9.59 Å². The minimum Gasteiger partial charge on any atom is -0.334 e. The van der Waals surface area contributed by atoms with Gasteiger partial charge in [-0.2, -0.15) is 16.9 Å². The zero-order valence-corrected chi connectivity index (χ0v) is 14.7. The number of hydrogen-bond donors (Lipinski definition) is 2. The Labute approximate surface area is 150 Å². The summed E-state index contributed by atoms with van der Waals surface area (Å²) in [5.41, 5.74) is 1.65. The summed E-state index contributed by atoms with van der Waals surface area (Å²) in [4.78, 5) is 26.0. The van der Waals surface area contributed by atoms with Crippen LogP contribution in [0.2, 0.25) is 0 Å². The van der Waals surface area contributed by atoms with Crippen molar-refractivity contribution in [3.05, 3.63) is 48.3 Å². The summed E-state index contributed by atoms with van der Waals surface area (Å²) < 4.78 is 1.57. The molecular weight excluding hydrogens is 338 g/mol. The second kappa shape index (κ2) is 8.57. The van der Waals surface area contributed by atoms with Crippen LogP contribution in [0.3, 0.4) is 0 Å². The number of carbonyl (C=O) groups excluding carboxylic acids is 2. The van der Waals surface area contributed by atoms with Crippen LogP contribution in [0.4, 0.5) is 10.5 Å². The fourth-order valence-electron chi connectivity index (χ4n) is 2.56. The van der Waals surface area contributed by atoms with Crippen molar-refractivity contribution in [2.45, 2.75) is 13.1 Å². The first kappa shape index (κ1) is 17.3. The normalized spacial score (nSPS) is 14.2. The summed E-state index contributed by atoms with van der Waals surface area (Å²) in [6, 6.07) is 9.23. The van der Waals surface area contributed by atoms with Crippen LogP contribution in [0.15, 0.2) is 42.7 Å². The molecule has 0 aliphatic carbocycles. The summed E-state index contributed by atoms with van der Waals surface area (Å²) in [6.45, 7) is 2.19. The third kappa shape index (κ3) is 5.25. The van der Waals surface area contributed by atoms with Crippen LogP contribution in [0.1, 0.15) is 5.56 Å². The fourth-order valence-corrected chi connectivity index (χ4v) is 3.46. The van der Waals surface area contributed by atoms with Crippen LogP contribution in [-0.4, -0.2) is 51.2 Å². The largest absolute Gasteiger partial charge is 0.334 e. The average molecular weight is 359 g/mol. The molecule has 0 saturated carbocycles. The maximum Gasteiger partial charge on any atom is 0.317 e. The Balaban J connectivity index is 1.50. The van der Waals surface area contributed by atoms with Crippen LogP contribution in [0.25, 0.3) is 0 Å². The van der Waals surface area contributed by atoms with Crippen LogP contribution < -0.4 is 10.6 Å². The van der Waals surface area contributed by atoms with Gasteiger partial charge in [-0.3, -0.25) is 9.48 Å². The van der Waals surface area contributed by atoms with Crippen molar-refractivity contribution < 1.29 is 9.59 Å². The molecule has 0 unspecified atom stereocenters. The predicted molar refractivity (Wildman–Crippen MR) is 98.4 cm³/mol. The van der Waals surface area contributed by atoms with Gasteiger partial charge < -0.3 is 15.5 Å².